The zero-order valence-electron chi connectivity index (χ0n) is 13.4. The number of aromatic amines is 2. The maximum Gasteiger partial charge on any atom is 0.327 e. The average molecular weight is 345 g/mol. The number of ether oxygens (including phenoxy) is 1. The van der Waals surface area contributed by atoms with Crippen LogP contribution in [0.3, 0.4) is 0 Å². The third kappa shape index (κ3) is 2.86. The maximum atomic E-state index is 14.4. The predicted octanol–water partition coefficient (Wildman–Crippen LogP) is 1.45. The number of benzene rings is 1. The number of carbonyl (C=O) groups excluding carboxylic acids is 1. The van der Waals surface area contributed by atoms with E-state index in [4.69, 9.17) is 4.74 Å². The SMILES string of the molecule is C=C1Nc2[nH]c(=O)[nH]c(=O)c2[C@@H](c2ccccc2F)[C@@H]1C(=O)OCC. The topological polar surface area (TPSA) is 104 Å². The van der Waals surface area contributed by atoms with Gasteiger partial charge in [-0.15, -0.1) is 0 Å². The average Bonchev–Trinajstić information content (AvgIpc) is 2.53. The van der Waals surface area contributed by atoms with E-state index in [0.29, 0.717) is 0 Å². The van der Waals surface area contributed by atoms with E-state index >= 15 is 0 Å². The second kappa shape index (κ2) is 6.39. The molecule has 0 unspecified atom stereocenters. The van der Waals surface area contributed by atoms with E-state index in [2.05, 4.69) is 21.9 Å². The molecule has 2 atom stereocenters. The van der Waals surface area contributed by atoms with Crippen LogP contribution >= 0.6 is 0 Å². The number of hydrogen-bond donors (Lipinski definition) is 3. The van der Waals surface area contributed by atoms with Gasteiger partial charge in [0.25, 0.3) is 5.56 Å². The van der Waals surface area contributed by atoms with Crippen LogP contribution in [-0.2, 0) is 9.53 Å². The van der Waals surface area contributed by atoms with Gasteiger partial charge in [-0.05, 0) is 18.6 Å². The molecule has 2 heterocycles. The van der Waals surface area contributed by atoms with Gasteiger partial charge in [0.1, 0.15) is 17.6 Å². The van der Waals surface area contributed by atoms with E-state index in [-0.39, 0.29) is 29.2 Å². The molecule has 0 saturated heterocycles. The first-order valence-corrected chi connectivity index (χ1v) is 7.67. The Morgan fingerprint density at radius 2 is 2.00 bits per heavy atom. The third-order valence-electron chi connectivity index (χ3n) is 4.07. The number of anilines is 1. The number of halogens is 1. The number of esters is 1. The smallest absolute Gasteiger partial charge is 0.327 e. The molecular weight excluding hydrogens is 329 g/mol. The van der Waals surface area contributed by atoms with Crippen molar-refractivity contribution in [1.29, 1.82) is 0 Å². The van der Waals surface area contributed by atoms with E-state index in [9.17, 15) is 18.8 Å². The van der Waals surface area contributed by atoms with Crippen molar-refractivity contribution < 1.29 is 13.9 Å². The summed E-state index contributed by atoms with van der Waals surface area (Å²) in [6.45, 7) is 5.57. The van der Waals surface area contributed by atoms with Crippen molar-refractivity contribution in [2.75, 3.05) is 11.9 Å². The lowest BCUT2D eigenvalue weighted by molar-refractivity contribution is -0.147. The Morgan fingerprint density at radius 3 is 2.68 bits per heavy atom. The highest BCUT2D eigenvalue weighted by molar-refractivity contribution is 5.81. The second-order valence-corrected chi connectivity index (χ2v) is 5.58. The Kier molecular flexibility index (Phi) is 4.26. The number of nitrogens with one attached hydrogen (secondary N) is 3. The fourth-order valence-corrected chi connectivity index (χ4v) is 3.07. The summed E-state index contributed by atoms with van der Waals surface area (Å²) in [5, 5.41) is 2.76. The minimum atomic E-state index is -1.02. The number of fused-ring (bicyclic) bond motifs is 1. The first kappa shape index (κ1) is 16.7. The summed E-state index contributed by atoms with van der Waals surface area (Å²) in [5.74, 6) is -3.12. The van der Waals surface area contributed by atoms with Crippen molar-refractivity contribution in [3.63, 3.8) is 0 Å². The summed E-state index contributed by atoms with van der Waals surface area (Å²) in [6.07, 6.45) is 0. The zero-order chi connectivity index (χ0) is 18.1. The molecule has 0 amide bonds. The predicted molar refractivity (Wildman–Crippen MR) is 88.8 cm³/mol. The number of hydrogen-bond acceptors (Lipinski definition) is 5. The van der Waals surface area contributed by atoms with E-state index in [0.717, 1.165) is 0 Å². The molecule has 0 bridgehead atoms. The van der Waals surface area contributed by atoms with Crippen molar-refractivity contribution in [3.05, 3.63) is 74.3 Å². The molecule has 1 aliphatic heterocycles. The Hall–Kier alpha value is -3.16. The van der Waals surface area contributed by atoms with Crippen molar-refractivity contribution in [2.45, 2.75) is 12.8 Å². The van der Waals surface area contributed by atoms with Gasteiger partial charge in [0, 0.05) is 11.6 Å². The monoisotopic (exact) mass is 345 g/mol. The van der Waals surface area contributed by atoms with Crippen LogP contribution in [-0.4, -0.2) is 22.5 Å². The largest absolute Gasteiger partial charge is 0.465 e. The molecule has 25 heavy (non-hydrogen) atoms. The highest BCUT2D eigenvalue weighted by Gasteiger charge is 2.42. The van der Waals surface area contributed by atoms with Crippen LogP contribution in [0.5, 0.6) is 0 Å². The van der Waals surface area contributed by atoms with Crippen molar-refractivity contribution in [1.82, 2.24) is 9.97 Å². The summed E-state index contributed by atoms with van der Waals surface area (Å²) in [4.78, 5) is 41.0. The van der Waals surface area contributed by atoms with Crippen LogP contribution in [0.15, 0.2) is 46.1 Å². The van der Waals surface area contributed by atoms with Gasteiger partial charge in [-0.2, -0.15) is 0 Å². The van der Waals surface area contributed by atoms with Crippen molar-refractivity contribution in [2.24, 2.45) is 5.92 Å². The molecule has 0 aliphatic carbocycles. The van der Waals surface area contributed by atoms with Crippen LogP contribution in [0, 0.1) is 11.7 Å². The van der Waals surface area contributed by atoms with E-state index in [1.807, 2.05) is 0 Å². The molecule has 1 aromatic heterocycles. The molecule has 1 aromatic carbocycles. The molecule has 0 spiro atoms. The fourth-order valence-electron chi connectivity index (χ4n) is 3.07. The number of rotatable bonds is 3. The molecule has 0 saturated carbocycles. The zero-order valence-corrected chi connectivity index (χ0v) is 13.4. The molecule has 1 aliphatic rings. The lowest BCUT2D eigenvalue weighted by atomic mass is 9.77. The van der Waals surface area contributed by atoms with Crippen LogP contribution in [0.25, 0.3) is 0 Å². The molecule has 2 aromatic rings. The number of carbonyl (C=O) groups is 1. The molecule has 3 N–H and O–H groups in total. The second-order valence-electron chi connectivity index (χ2n) is 5.58. The minimum Gasteiger partial charge on any atom is -0.465 e. The summed E-state index contributed by atoms with van der Waals surface area (Å²) in [5.41, 5.74) is -1.02. The van der Waals surface area contributed by atoms with E-state index < -0.39 is 34.9 Å². The Labute approximate surface area is 141 Å². The molecule has 7 nitrogen and oxygen atoms in total. The van der Waals surface area contributed by atoms with Gasteiger partial charge in [-0.25, -0.2) is 9.18 Å². The van der Waals surface area contributed by atoms with Gasteiger partial charge >= 0.3 is 11.7 Å². The lowest BCUT2D eigenvalue weighted by Crippen LogP contribution is -2.40. The molecule has 0 radical (unpaired) electrons. The van der Waals surface area contributed by atoms with E-state index in [1.165, 1.54) is 18.2 Å². The molecule has 0 fully saturated rings. The molecule has 8 heteroatoms. The lowest BCUT2D eigenvalue weighted by Gasteiger charge is -2.33. The van der Waals surface area contributed by atoms with Gasteiger partial charge in [0.2, 0.25) is 0 Å². The van der Waals surface area contributed by atoms with Crippen LogP contribution in [0.4, 0.5) is 10.2 Å². The van der Waals surface area contributed by atoms with Crippen LogP contribution in [0.2, 0.25) is 0 Å². The van der Waals surface area contributed by atoms with E-state index in [1.54, 1.807) is 13.0 Å². The third-order valence-corrected chi connectivity index (χ3v) is 4.07. The van der Waals surface area contributed by atoms with Crippen LogP contribution in [0.1, 0.15) is 24.0 Å². The highest BCUT2D eigenvalue weighted by Crippen LogP contribution is 2.42. The standard InChI is InChI=1S/C17H16FN3O4/c1-3-25-16(23)11-8(2)19-14-13(15(22)21-17(24)20-14)12(11)9-6-4-5-7-10(9)18/h4-7,11-12H,2-3H2,1H3,(H3,19,20,21,22,24)/t11-,12+/m1/s1. The summed E-state index contributed by atoms with van der Waals surface area (Å²) in [7, 11) is 0. The Balaban J connectivity index is 2.29. The minimum absolute atomic E-state index is 0.0511. The van der Waals surface area contributed by atoms with Gasteiger partial charge in [-0.3, -0.25) is 19.6 Å². The maximum absolute atomic E-state index is 14.4. The number of aromatic nitrogens is 2. The summed E-state index contributed by atoms with van der Waals surface area (Å²) < 4.78 is 19.5. The van der Waals surface area contributed by atoms with Crippen molar-refractivity contribution in [3.8, 4) is 0 Å². The Morgan fingerprint density at radius 1 is 1.28 bits per heavy atom. The normalized spacial score (nSPS) is 19.0. The van der Waals surface area contributed by atoms with Crippen molar-refractivity contribution >= 4 is 11.8 Å². The molecule has 3 rings (SSSR count). The van der Waals surface area contributed by atoms with Gasteiger partial charge in [0.15, 0.2) is 0 Å². The van der Waals surface area contributed by atoms with Gasteiger partial charge in [0.05, 0.1) is 12.2 Å². The first-order valence-electron chi connectivity index (χ1n) is 7.67. The highest BCUT2D eigenvalue weighted by atomic mass is 19.1. The Bertz CT molecular complexity index is 963. The first-order chi connectivity index (χ1) is 11.9. The summed E-state index contributed by atoms with van der Waals surface area (Å²) in [6, 6.07) is 5.83. The molecule has 130 valence electrons. The van der Waals surface area contributed by atoms with Crippen LogP contribution < -0.4 is 16.6 Å². The summed E-state index contributed by atoms with van der Waals surface area (Å²) >= 11 is 0. The molecular formula is C17H16FN3O4. The fraction of sp³-hybridized carbons (Fsp3) is 0.235. The van der Waals surface area contributed by atoms with Gasteiger partial charge < -0.3 is 10.1 Å². The number of H-pyrrole nitrogens is 2. The quantitative estimate of drug-likeness (QED) is 0.731. The van der Waals surface area contributed by atoms with Gasteiger partial charge in [-0.1, -0.05) is 24.8 Å².